The number of Topliss-reactive ketones (excluding diaryl/α,β-unsaturated/α-hetero) is 2. The Bertz CT molecular complexity index is 1090. The van der Waals surface area contributed by atoms with Crippen LogP contribution in [0.4, 0.5) is 0 Å². The van der Waals surface area contributed by atoms with Gasteiger partial charge in [0.25, 0.3) is 0 Å². The van der Waals surface area contributed by atoms with Crippen LogP contribution in [0.25, 0.3) is 6.08 Å². The summed E-state index contributed by atoms with van der Waals surface area (Å²) >= 11 is 1.28. The van der Waals surface area contributed by atoms with E-state index in [1.165, 1.54) is 24.5 Å². The number of ether oxygens (including phenoxy) is 2. The van der Waals surface area contributed by atoms with Gasteiger partial charge in [0.1, 0.15) is 4.88 Å². The zero-order valence-corrected chi connectivity index (χ0v) is 15.6. The van der Waals surface area contributed by atoms with E-state index in [9.17, 15) is 14.4 Å². The van der Waals surface area contributed by atoms with E-state index in [4.69, 9.17) is 9.47 Å². The first kappa shape index (κ1) is 17.9. The molecule has 0 amide bonds. The predicted octanol–water partition coefficient (Wildman–Crippen LogP) is 4.44. The summed E-state index contributed by atoms with van der Waals surface area (Å²) in [7, 11) is 1.45. The van der Waals surface area contributed by atoms with Gasteiger partial charge in [0.05, 0.1) is 12.7 Å². The number of benzene rings is 2. The summed E-state index contributed by atoms with van der Waals surface area (Å²) in [6.07, 6.45) is 1.53. The Kier molecular flexibility index (Phi) is 4.63. The zero-order chi connectivity index (χ0) is 19.7. The molecule has 0 saturated carbocycles. The van der Waals surface area contributed by atoms with Gasteiger partial charge in [-0.05, 0) is 35.2 Å². The van der Waals surface area contributed by atoms with E-state index in [1.54, 1.807) is 60.0 Å². The first-order valence-corrected chi connectivity index (χ1v) is 9.30. The van der Waals surface area contributed by atoms with E-state index in [2.05, 4.69) is 0 Å². The first-order chi connectivity index (χ1) is 13.6. The number of rotatable bonds is 4. The summed E-state index contributed by atoms with van der Waals surface area (Å²) in [5.74, 6) is -0.485. The number of fused-ring (bicyclic) bond motifs is 1. The molecule has 1 heterocycles. The Hall–Kier alpha value is -3.51. The number of carbonyl (C=O) groups is 3. The van der Waals surface area contributed by atoms with Gasteiger partial charge in [-0.25, -0.2) is 4.79 Å². The molecule has 28 heavy (non-hydrogen) atoms. The topological polar surface area (TPSA) is 69.7 Å². The monoisotopic (exact) mass is 390 g/mol. The van der Waals surface area contributed by atoms with Crippen LogP contribution in [-0.4, -0.2) is 24.6 Å². The third-order valence-electron chi connectivity index (χ3n) is 4.33. The highest BCUT2D eigenvalue weighted by molar-refractivity contribution is 7.12. The number of methoxy groups -OCH3 is 1. The van der Waals surface area contributed by atoms with Crippen molar-refractivity contribution in [1.82, 2.24) is 0 Å². The number of carbonyl (C=O) groups excluding carboxylic acids is 3. The quantitative estimate of drug-likeness (QED) is 0.285. The molecule has 6 heteroatoms. The van der Waals surface area contributed by atoms with Crippen LogP contribution in [0.5, 0.6) is 11.5 Å². The molecule has 1 aliphatic rings. The summed E-state index contributed by atoms with van der Waals surface area (Å²) in [6, 6.07) is 15.0. The standard InChI is InChI=1S/C22H14O5S/c1-26-18-12-13(8-9-17(18)27-22(25)19-7-4-10-28-19)11-16-20(23)14-5-2-3-6-15(14)21(16)24/h2-12H,1H3. The van der Waals surface area contributed by atoms with Crippen molar-refractivity contribution in [2.45, 2.75) is 0 Å². The van der Waals surface area contributed by atoms with E-state index in [0.717, 1.165) is 0 Å². The Labute approximate surface area is 164 Å². The lowest BCUT2D eigenvalue weighted by Crippen LogP contribution is -2.07. The average molecular weight is 390 g/mol. The molecular formula is C22H14O5S. The number of hydrogen-bond acceptors (Lipinski definition) is 6. The second kappa shape index (κ2) is 7.25. The molecule has 0 fully saturated rings. The highest BCUT2D eigenvalue weighted by Gasteiger charge is 2.32. The van der Waals surface area contributed by atoms with Crippen LogP contribution < -0.4 is 9.47 Å². The highest BCUT2D eigenvalue weighted by Crippen LogP contribution is 2.32. The molecule has 2 aromatic carbocycles. The van der Waals surface area contributed by atoms with E-state index < -0.39 is 5.97 Å². The van der Waals surface area contributed by atoms with E-state index >= 15 is 0 Å². The second-order valence-electron chi connectivity index (χ2n) is 6.04. The lowest BCUT2D eigenvalue weighted by Gasteiger charge is -2.09. The van der Waals surface area contributed by atoms with E-state index in [1.807, 2.05) is 0 Å². The van der Waals surface area contributed by atoms with Crippen molar-refractivity contribution in [2.24, 2.45) is 0 Å². The molecule has 138 valence electrons. The maximum atomic E-state index is 12.5. The summed E-state index contributed by atoms with van der Waals surface area (Å²) < 4.78 is 10.7. The van der Waals surface area contributed by atoms with Gasteiger partial charge in [-0.1, -0.05) is 36.4 Å². The molecule has 0 atom stereocenters. The SMILES string of the molecule is COc1cc(C=C2C(=O)c3ccccc3C2=O)ccc1OC(=O)c1cccs1. The van der Waals surface area contributed by atoms with Gasteiger partial charge in [-0.2, -0.15) is 0 Å². The Morgan fingerprint density at radius 1 is 0.929 bits per heavy atom. The number of allylic oxidation sites excluding steroid dienone is 1. The van der Waals surface area contributed by atoms with E-state index in [-0.39, 0.29) is 22.9 Å². The predicted molar refractivity (Wildman–Crippen MR) is 105 cm³/mol. The van der Waals surface area contributed by atoms with Crippen LogP contribution in [-0.2, 0) is 0 Å². The minimum Gasteiger partial charge on any atom is -0.493 e. The van der Waals surface area contributed by atoms with Crippen molar-refractivity contribution in [3.63, 3.8) is 0 Å². The summed E-state index contributed by atoms with van der Waals surface area (Å²) in [6.45, 7) is 0. The van der Waals surface area contributed by atoms with Gasteiger partial charge < -0.3 is 9.47 Å². The van der Waals surface area contributed by atoms with Crippen molar-refractivity contribution < 1.29 is 23.9 Å². The molecule has 0 aliphatic heterocycles. The van der Waals surface area contributed by atoms with Crippen LogP contribution in [0.3, 0.4) is 0 Å². The van der Waals surface area contributed by atoms with Gasteiger partial charge in [-0.3, -0.25) is 9.59 Å². The molecule has 4 rings (SSSR count). The number of thiophene rings is 1. The Balaban J connectivity index is 1.63. The molecule has 0 radical (unpaired) electrons. The summed E-state index contributed by atoms with van der Waals surface area (Å²) in [5, 5.41) is 1.79. The lowest BCUT2D eigenvalue weighted by molar-refractivity contribution is 0.0734. The normalized spacial score (nSPS) is 12.7. The van der Waals surface area contributed by atoms with Gasteiger partial charge in [0, 0.05) is 11.1 Å². The van der Waals surface area contributed by atoms with Crippen molar-refractivity contribution >= 4 is 34.9 Å². The third kappa shape index (κ3) is 3.14. The molecule has 1 aromatic heterocycles. The van der Waals surface area contributed by atoms with Crippen molar-refractivity contribution in [3.8, 4) is 11.5 Å². The van der Waals surface area contributed by atoms with Crippen LogP contribution in [0, 0.1) is 0 Å². The van der Waals surface area contributed by atoms with Crippen molar-refractivity contribution in [3.05, 3.63) is 87.1 Å². The van der Waals surface area contributed by atoms with Gasteiger partial charge in [0.15, 0.2) is 23.1 Å². The molecule has 0 unspecified atom stereocenters. The van der Waals surface area contributed by atoms with Crippen LogP contribution >= 0.6 is 11.3 Å². The molecule has 0 bridgehead atoms. The van der Waals surface area contributed by atoms with E-state index in [0.29, 0.717) is 27.3 Å². The minimum absolute atomic E-state index is 0.103. The fourth-order valence-electron chi connectivity index (χ4n) is 2.97. The van der Waals surface area contributed by atoms with Gasteiger partial charge >= 0.3 is 5.97 Å². The largest absolute Gasteiger partial charge is 0.493 e. The second-order valence-corrected chi connectivity index (χ2v) is 6.99. The molecule has 0 spiro atoms. The number of hydrogen-bond donors (Lipinski definition) is 0. The molecule has 0 N–H and O–H groups in total. The smallest absolute Gasteiger partial charge is 0.353 e. The molecule has 3 aromatic rings. The lowest BCUT2D eigenvalue weighted by atomic mass is 10.1. The van der Waals surface area contributed by atoms with Gasteiger partial charge in [0.2, 0.25) is 0 Å². The maximum absolute atomic E-state index is 12.5. The van der Waals surface area contributed by atoms with Crippen LogP contribution in [0.2, 0.25) is 0 Å². The maximum Gasteiger partial charge on any atom is 0.353 e. The number of esters is 1. The Morgan fingerprint density at radius 2 is 1.64 bits per heavy atom. The summed E-state index contributed by atoms with van der Waals surface area (Å²) in [4.78, 5) is 37.7. The van der Waals surface area contributed by atoms with Crippen molar-refractivity contribution in [2.75, 3.05) is 7.11 Å². The average Bonchev–Trinajstić information content (AvgIpc) is 3.33. The molecular weight excluding hydrogens is 376 g/mol. The molecule has 1 aliphatic carbocycles. The van der Waals surface area contributed by atoms with Crippen molar-refractivity contribution in [1.29, 1.82) is 0 Å². The minimum atomic E-state index is -0.476. The molecule has 0 saturated heterocycles. The third-order valence-corrected chi connectivity index (χ3v) is 5.18. The zero-order valence-electron chi connectivity index (χ0n) is 14.8. The van der Waals surface area contributed by atoms with Gasteiger partial charge in [-0.15, -0.1) is 11.3 Å². The Morgan fingerprint density at radius 3 is 2.25 bits per heavy atom. The van der Waals surface area contributed by atoms with Crippen LogP contribution in [0.1, 0.15) is 36.0 Å². The number of ketones is 2. The fraction of sp³-hybridized carbons (Fsp3) is 0.0455. The first-order valence-electron chi connectivity index (χ1n) is 8.42. The summed E-state index contributed by atoms with van der Waals surface area (Å²) in [5.41, 5.74) is 1.52. The van der Waals surface area contributed by atoms with Crippen LogP contribution in [0.15, 0.2) is 65.6 Å². The molecule has 5 nitrogen and oxygen atoms in total. The highest BCUT2D eigenvalue weighted by atomic mass is 32.1. The fourth-order valence-corrected chi connectivity index (χ4v) is 3.57.